The number of Topliss-reactive ketones (excluding diaryl/α,β-unsaturated/α-hetero) is 1. The fourth-order valence-electron chi connectivity index (χ4n) is 5.71. The van der Waals surface area contributed by atoms with Gasteiger partial charge < -0.3 is 15.0 Å². The van der Waals surface area contributed by atoms with Crippen LogP contribution < -0.4 is 15.0 Å². The zero-order chi connectivity index (χ0) is 24.1. The Morgan fingerprint density at radius 3 is 2.74 bits per heavy atom. The molecule has 5 rings (SSSR count). The Morgan fingerprint density at radius 2 is 1.97 bits per heavy atom. The summed E-state index contributed by atoms with van der Waals surface area (Å²) in [5, 5.41) is 12.3. The minimum atomic E-state index is -0.568. The Hall–Kier alpha value is -3.48. The molecule has 2 aliphatic heterocycles. The summed E-state index contributed by atoms with van der Waals surface area (Å²) in [5.74, 6) is 1.56. The second-order valence-corrected chi connectivity index (χ2v) is 10.1. The SMILES string of the molecule is CCC1(c2cccc(N(C)c3cccc(OC)n3)c2)C2=CN=NC2NC2=C1C(=O)CC(C)(C)C2. The molecule has 0 saturated heterocycles. The molecule has 2 atom stereocenters. The minimum absolute atomic E-state index is 0.0839. The van der Waals surface area contributed by atoms with Gasteiger partial charge >= 0.3 is 0 Å². The first kappa shape index (κ1) is 22.3. The van der Waals surface area contributed by atoms with Crippen molar-refractivity contribution in [2.24, 2.45) is 15.6 Å². The Labute approximate surface area is 200 Å². The van der Waals surface area contributed by atoms with E-state index < -0.39 is 5.41 Å². The highest BCUT2D eigenvalue weighted by molar-refractivity contribution is 6.01. The highest BCUT2D eigenvalue weighted by Gasteiger charge is 2.53. The van der Waals surface area contributed by atoms with Gasteiger partial charge in [0.15, 0.2) is 11.9 Å². The number of hydrogen-bond donors (Lipinski definition) is 1. The number of azo groups is 1. The number of hydrogen-bond acceptors (Lipinski definition) is 7. The smallest absolute Gasteiger partial charge is 0.214 e. The number of benzene rings is 1. The van der Waals surface area contributed by atoms with E-state index in [0.717, 1.165) is 46.8 Å². The highest BCUT2D eigenvalue weighted by Crippen LogP contribution is 2.54. The normalized spacial score (nSPS) is 24.8. The van der Waals surface area contributed by atoms with Crippen LogP contribution in [-0.2, 0) is 10.2 Å². The molecule has 0 radical (unpaired) electrons. The van der Waals surface area contributed by atoms with Gasteiger partial charge in [-0.25, -0.2) is 0 Å². The summed E-state index contributed by atoms with van der Waals surface area (Å²) < 4.78 is 5.31. The highest BCUT2D eigenvalue weighted by atomic mass is 16.5. The summed E-state index contributed by atoms with van der Waals surface area (Å²) in [5.41, 5.74) is 4.34. The standard InChI is InChI=1S/C27H31N5O2/c1-6-27(17-9-7-10-18(13-17)32(4)22-11-8-12-23(30-22)34-5)19-16-28-31-25(19)29-20-14-26(2,3)15-21(33)24(20)27/h7-13,16,25,29H,6,14-15H2,1-5H3. The number of rotatable bonds is 5. The number of carbonyl (C=O) groups excluding carboxylic acids is 1. The lowest BCUT2D eigenvalue weighted by Crippen LogP contribution is -2.51. The molecule has 2 aromatic rings. The van der Waals surface area contributed by atoms with Crippen LogP contribution in [0.15, 0.2) is 75.7 Å². The van der Waals surface area contributed by atoms with Crippen LogP contribution in [0.4, 0.5) is 11.5 Å². The number of fused-ring (bicyclic) bond motifs is 1. The van der Waals surface area contributed by atoms with Gasteiger partial charge in [-0.3, -0.25) is 4.79 Å². The first-order valence-corrected chi connectivity index (χ1v) is 11.8. The van der Waals surface area contributed by atoms with Gasteiger partial charge in [0.2, 0.25) is 5.88 Å². The summed E-state index contributed by atoms with van der Waals surface area (Å²) >= 11 is 0. The summed E-state index contributed by atoms with van der Waals surface area (Å²) in [6.07, 6.45) is 3.72. The van der Waals surface area contributed by atoms with E-state index in [1.54, 1.807) is 7.11 Å². The van der Waals surface area contributed by atoms with Gasteiger partial charge in [0, 0.05) is 42.1 Å². The van der Waals surface area contributed by atoms with Gasteiger partial charge in [0.1, 0.15) is 5.82 Å². The van der Waals surface area contributed by atoms with Gasteiger partial charge in [-0.15, -0.1) is 0 Å². The predicted octanol–water partition coefficient (Wildman–Crippen LogP) is 5.43. The Kier molecular flexibility index (Phi) is 5.30. The van der Waals surface area contributed by atoms with E-state index in [-0.39, 0.29) is 17.4 Å². The molecule has 1 aliphatic carbocycles. The van der Waals surface area contributed by atoms with Gasteiger partial charge in [0.25, 0.3) is 0 Å². The molecular weight excluding hydrogens is 426 g/mol. The van der Waals surface area contributed by atoms with E-state index in [4.69, 9.17) is 4.74 Å². The predicted molar refractivity (Wildman–Crippen MR) is 132 cm³/mol. The number of methoxy groups -OCH3 is 1. The van der Waals surface area contributed by atoms with Crippen LogP contribution in [-0.4, -0.2) is 31.1 Å². The molecule has 0 spiro atoms. The molecule has 7 nitrogen and oxygen atoms in total. The number of pyridine rings is 1. The first-order chi connectivity index (χ1) is 16.3. The van der Waals surface area contributed by atoms with Gasteiger partial charge in [-0.2, -0.15) is 15.2 Å². The molecule has 0 bridgehead atoms. The fraction of sp³-hybridized carbons (Fsp3) is 0.407. The molecule has 1 aromatic heterocycles. The quantitative estimate of drug-likeness (QED) is 0.648. The molecule has 3 heterocycles. The monoisotopic (exact) mass is 457 g/mol. The third kappa shape index (κ3) is 3.42. The van der Waals surface area contributed by atoms with Crippen molar-refractivity contribution in [3.63, 3.8) is 0 Å². The second kappa shape index (κ2) is 8.08. The molecule has 7 heteroatoms. The third-order valence-corrected chi connectivity index (χ3v) is 7.30. The molecular formula is C27H31N5O2. The largest absolute Gasteiger partial charge is 0.481 e. The summed E-state index contributed by atoms with van der Waals surface area (Å²) in [6, 6.07) is 14.1. The van der Waals surface area contributed by atoms with Crippen LogP contribution in [0.25, 0.3) is 0 Å². The molecule has 0 saturated carbocycles. The van der Waals surface area contributed by atoms with Crippen molar-refractivity contribution in [1.29, 1.82) is 0 Å². The molecule has 0 amide bonds. The van der Waals surface area contributed by atoms with E-state index >= 15 is 0 Å². The van der Waals surface area contributed by atoms with E-state index in [2.05, 4.69) is 65.6 Å². The Morgan fingerprint density at radius 1 is 1.18 bits per heavy atom. The van der Waals surface area contributed by atoms with E-state index in [1.165, 1.54) is 0 Å². The second-order valence-electron chi connectivity index (χ2n) is 10.1. The van der Waals surface area contributed by atoms with Gasteiger partial charge in [-0.1, -0.05) is 39.0 Å². The number of anilines is 2. The van der Waals surface area contributed by atoms with E-state index in [1.807, 2.05) is 36.3 Å². The Bertz CT molecular complexity index is 1250. The maximum atomic E-state index is 13.7. The molecule has 2 unspecified atom stereocenters. The van der Waals surface area contributed by atoms with Crippen LogP contribution in [0.1, 0.15) is 45.6 Å². The van der Waals surface area contributed by atoms with Crippen molar-refractivity contribution in [2.45, 2.75) is 51.6 Å². The molecule has 1 N–H and O–H groups in total. The number of nitrogens with one attached hydrogen (secondary N) is 1. The van der Waals surface area contributed by atoms with Crippen molar-refractivity contribution >= 4 is 17.3 Å². The minimum Gasteiger partial charge on any atom is -0.481 e. The van der Waals surface area contributed by atoms with Crippen LogP contribution in [0.2, 0.25) is 0 Å². The number of ether oxygens (including phenoxy) is 1. The zero-order valence-electron chi connectivity index (χ0n) is 20.4. The average molecular weight is 458 g/mol. The maximum absolute atomic E-state index is 13.7. The van der Waals surface area contributed by atoms with Crippen LogP contribution in [0.3, 0.4) is 0 Å². The van der Waals surface area contributed by atoms with Crippen molar-refractivity contribution in [2.75, 3.05) is 19.1 Å². The number of nitrogens with zero attached hydrogens (tertiary/aromatic N) is 4. The van der Waals surface area contributed by atoms with Crippen molar-refractivity contribution in [1.82, 2.24) is 10.3 Å². The van der Waals surface area contributed by atoms with Crippen LogP contribution in [0, 0.1) is 5.41 Å². The maximum Gasteiger partial charge on any atom is 0.214 e. The van der Waals surface area contributed by atoms with E-state index in [9.17, 15) is 4.79 Å². The number of allylic oxidation sites excluding steroid dienone is 2. The van der Waals surface area contributed by atoms with Crippen LogP contribution >= 0.6 is 0 Å². The zero-order valence-corrected chi connectivity index (χ0v) is 20.4. The molecule has 34 heavy (non-hydrogen) atoms. The van der Waals surface area contributed by atoms with Gasteiger partial charge in [-0.05, 0) is 42.0 Å². The van der Waals surface area contributed by atoms with Gasteiger partial charge in [0.05, 0.1) is 18.7 Å². The fourth-order valence-corrected chi connectivity index (χ4v) is 5.71. The number of carbonyl (C=O) groups is 1. The van der Waals surface area contributed by atoms with Crippen LogP contribution in [0.5, 0.6) is 5.88 Å². The average Bonchev–Trinajstić information content (AvgIpc) is 3.30. The van der Waals surface area contributed by atoms with Crippen molar-refractivity contribution < 1.29 is 9.53 Å². The van der Waals surface area contributed by atoms with Crippen molar-refractivity contribution in [3.05, 3.63) is 71.1 Å². The summed E-state index contributed by atoms with van der Waals surface area (Å²) in [6.45, 7) is 6.46. The number of aromatic nitrogens is 1. The molecule has 3 aliphatic rings. The lowest BCUT2D eigenvalue weighted by molar-refractivity contribution is -0.119. The summed E-state index contributed by atoms with van der Waals surface area (Å²) in [7, 11) is 3.60. The lowest BCUT2D eigenvalue weighted by Gasteiger charge is -2.48. The summed E-state index contributed by atoms with van der Waals surface area (Å²) in [4.78, 5) is 20.3. The Balaban J connectivity index is 1.66. The molecule has 1 aromatic carbocycles. The van der Waals surface area contributed by atoms with Crippen molar-refractivity contribution in [3.8, 4) is 5.88 Å². The van der Waals surface area contributed by atoms with E-state index in [0.29, 0.717) is 12.3 Å². The topological polar surface area (TPSA) is 79.2 Å². The molecule has 0 fully saturated rings. The first-order valence-electron chi connectivity index (χ1n) is 11.8. The third-order valence-electron chi connectivity index (χ3n) is 7.30. The lowest BCUT2D eigenvalue weighted by atomic mass is 9.59. The molecule has 176 valence electrons. The number of ketones is 1.